The molecule has 2 bridgehead atoms. The second-order valence-corrected chi connectivity index (χ2v) is 4.76. The van der Waals surface area contributed by atoms with Gasteiger partial charge in [0.05, 0.1) is 15.2 Å². The molecule has 0 saturated heterocycles. The van der Waals surface area contributed by atoms with E-state index in [0.29, 0.717) is 0 Å². The van der Waals surface area contributed by atoms with E-state index in [4.69, 9.17) is 0 Å². The minimum Gasteiger partial charge on any atom is -0.241 e. The highest BCUT2D eigenvalue weighted by Crippen LogP contribution is 2.60. The van der Waals surface area contributed by atoms with Gasteiger partial charge in [0.25, 0.3) is 0 Å². The molecule has 58 valence electrons. The van der Waals surface area contributed by atoms with Crippen LogP contribution in [0.2, 0.25) is 0 Å². The fourth-order valence-electron chi connectivity index (χ4n) is 2.26. The fourth-order valence-corrected chi connectivity index (χ4v) is 3.44. The van der Waals surface area contributed by atoms with Crippen LogP contribution in [0.3, 0.4) is 0 Å². The first-order valence-corrected chi connectivity index (χ1v) is 5.14. The minimum atomic E-state index is 0.794. The molecule has 1 aromatic heterocycles. The maximum Gasteiger partial charge on any atom is 0.0975 e. The van der Waals surface area contributed by atoms with Crippen molar-refractivity contribution in [1.29, 1.82) is 0 Å². The van der Waals surface area contributed by atoms with Gasteiger partial charge >= 0.3 is 0 Å². The van der Waals surface area contributed by atoms with Crippen LogP contribution in [-0.2, 0) is 0 Å². The van der Waals surface area contributed by atoms with Crippen molar-refractivity contribution < 1.29 is 0 Å². The van der Waals surface area contributed by atoms with E-state index in [0.717, 1.165) is 11.8 Å². The van der Waals surface area contributed by atoms with Crippen LogP contribution in [0.5, 0.6) is 0 Å². The Morgan fingerprint density at radius 1 is 1.33 bits per heavy atom. The number of hydrogen-bond acceptors (Lipinski definition) is 2. The van der Waals surface area contributed by atoms with Gasteiger partial charge in [-0.1, -0.05) is 12.1 Å². The Hall–Kier alpha value is -0.890. The minimum absolute atomic E-state index is 0.794. The molecule has 0 N–H and O–H groups in total. The zero-order valence-electron chi connectivity index (χ0n) is 6.45. The maximum absolute atomic E-state index is 4.64. The Labute approximate surface area is 74.1 Å². The highest BCUT2D eigenvalue weighted by Gasteiger charge is 2.45. The predicted octanol–water partition coefficient (Wildman–Crippen LogP) is 2.88. The second kappa shape index (κ2) is 1.57. The van der Waals surface area contributed by atoms with Crippen LogP contribution in [0.1, 0.15) is 28.8 Å². The van der Waals surface area contributed by atoms with Gasteiger partial charge in [-0.05, 0) is 24.0 Å². The molecule has 1 saturated carbocycles. The van der Waals surface area contributed by atoms with Gasteiger partial charge in [0.2, 0.25) is 0 Å². The van der Waals surface area contributed by atoms with Crippen LogP contribution < -0.4 is 0 Å². The molecule has 2 aliphatic rings. The van der Waals surface area contributed by atoms with Crippen LogP contribution >= 0.6 is 11.3 Å². The molecule has 2 atom stereocenters. The van der Waals surface area contributed by atoms with Gasteiger partial charge in [-0.25, -0.2) is 4.98 Å². The maximum atomic E-state index is 4.64. The fraction of sp³-hybridized carbons (Fsp3) is 0.300. The molecule has 1 aliphatic carbocycles. The highest BCUT2D eigenvalue weighted by molar-refractivity contribution is 7.18. The van der Waals surface area contributed by atoms with Crippen LogP contribution in [0.4, 0.5) is 0 Å². The van der Waals surface area contributed by atoms with Gasteiger partial charge in [0.15, 0.2) is 0 Å². The normalized spacial score (nSPS) is 29.3. The number of para-hydroxylation sites is 1. The standard InChI is InChI=1S/C10H7NS/c1-2-5-6-4-7(6)10-11-9(5)8(3-1)12-10/h1-3,6-7H,4H2. The van der Waals surface area contributed by atoms with Gasteiger partial charge in [-0.15, -0.1) is 11.3 Å². The molecule has 1 aliphatic heterocycles. The molecule has 1 fully saturated rings. The van der Waals surface area contributed by atoms with Crippen LogP contribution in [0.25, 0.3) is 10.2 Å². The van der Waals surface area contributed by atoms with E-state index in [1.54, 1.807) is 0 Å². The first-order chi connectivity index (χ1) is 5.93. The zero-order chi connectivity index (χ0) is 7.71. The summed E-state index contributed by atoms with van der Waals surface area (Å²) in [5.74, 6) is 1.63. The Morgan fingerprint density at radius 2 is 2.33 bits per heavy atom. The Balaban J connectivity index is 2.32. The second-order valence-electron chi connectivity index (χ2n) is 3.69. The topological polar surface area (TPSA) is 12.9 Å². The lowest BCUT2D eigenvalue weighted by Crippen LogP contribution is -1.90. The number of thiazole rings is 1. The van der Waals surface area contributed by atoms with Crippen LogP contribution in [0.15, 0.2) is 18.2 Å². The predicted molar refractivity (Wildman–Crippen MR) is 49.7 cm³/mol. The molecule has 1 nitrogen and oxygen atoms in total. The molecule has 1 aromatic carbocycles. The third-order valence-corrected chi connectivity index (χ3v) is 4.13. The molecule has 12 heavy (non-hydrogen) atoms. The lowest BCUT2D eigenvalue weighted by molar-refractivity contribution is 0.985. The Morgan fingerprint density at radius 3 is 3.33 bits per heavy atom. The third kappa shape index (κ3) is 0.486. The van der Waals surface area contributed by atoms with Crippen molar-refractivity contribution in [2.75, 3.05) is 0 Å². The summed E-state index contributed by atoms with van der Waals surface area (Å²) in [5.41, 5.74) is 2.79. The van der Waals surface area contributed by atoms with Gasteiger partial charge in [0.1, 0.15) is 0 Å². The average molecular weight is 173 g/mol. The van der Waals surface area contributed by atoms with E-state index in [1.165, 1.54) is 27.2 Å². The van der Waals surface area contributed by atoms with Crippen molar-refractivity contribution in [2.45, 2.75) is 18.3 Å². The lowest BCUT2D eigenvalue weighted by atomic mass is 10.1. The van der Waals surface area contributed by atoms with E-state index in [1.807, 2.05) is 11.3 Å². The number of aromatic nitrogens is 1. The smallest absolute Gasteiger partial charge is 0.0975 e. The molecule has 2 aromatic rings. The number of fused-ring (bicyclic) bond motifs is 4. The molecule has 0 spiro atoms. The van der Waals surface area contributed by atoms with E-state index < -0.39 is 0 Å². The van der Waals surface area contributed by atoms with Crippen molar-refractivity contribution in [3.63, 3.8) is 0 Å². The third-order valence-electron chi connectivity index (χ3n) is 2.97. The number of rotatable bonds is 0. The van der Waals surface area contributed by atoms with E-state index in [9.17, 15) is 0 Å². The van der Waals surface area contributed by atoms with Crippen molar-refractivity contribution in [3.05, 3.63) is 28.8 Å². The molecular formula is C10H7NS. The Bertz CT molecular complexity index is 486. The summed E-state index contributed by atoms with van der Waals surface area (Å²) in [7, 11) is 0. The number of hydrogen-bond donors (Lipinski definition) is 0. The average Bonchev–Trinajstić information content (AvgIpc) is 2.79. The summed E-state index contributed by atoms with van der Waals surface area (Å²) in [4.78, 5) is 4.64. The molecular weight excluding hydrogens is 166 g/mol. The van der Waals surface area contributed by atoms with Gasteiger partial charge < -0.3 is 0 Å². The van der Waals surface area contributed by atoms with Crippen LogP contribution in [0, 0.1) is 0 Å². The first kappa shape index (κ1) is 5.70. The SMILES string of the molecule is c1cc2c3nc(sc3c1)C1CC21. The zero-order valence-corrected chi connectivity index (χ0v) is 7.27. The van der Waals surface area contributed by atoms with E-state index in [2.05, 4.69) is 23.2 Å². The largest absolute Gasteiger partial charge is 0.241 e. The molecule has 2 heterocycles. The Kier molecular flexibility index (Phi) is 0.747. The van der Waals surface area contributed by atoms with Crippen molar-refractivity contribution >= 4 is 21.6 Å². The van der Waals surface area contributed by atoms with Gasteiger partial charge in [-0.2, -0.15) is 0 Å². The molecule has 4 rings (SSSR count). The summed E-state index contributed by atoms with van der Waals surface area (Å²) >= 11 is 1.89. The molecule has 2 heteroatoms. The summed E-state index contributed by atoms with van der Waals surface area (Å²) in [6.45, 7) is 0. The van der Waals surface area contributed by atoms with Gasteiger partial charge in [0, 0.05) is 5.92 Å². The molecule has 2 unspecified atom stereocenters. The summed E-state index contributed by atoms with van der Waals surface area (Å²) in [6.07, 6.45) is 1.35. The highest BCUT2D eigenvalue weighted by atomic mass is 32.1. The van der Waals surface area contributed by atoms with Crippen molar-refractivity contribution in [2.24, 2.45) is 0 Å². The molecule has 0 amide bonds. The summed E-state index contributed by atoms with van der Waals surface area (Å²) in [5, 5.41) is 1.38. The molecule has 0 radical (unpaired) electrons. The lowest BCUT2D eigenvalue weighted by Gasteiger charge is -2.02. The quantitative estimate of drug-likeness (QED) is 0.597. The summed E-state index contributed by atoms with van der Waals surface area (Å²) < 4.78 is 1.38. The van der Waals surface area contributed by atoms with Crippen molar-refractivity contribution in [1.82, 2.24) is 4.98 Å². The van der Waals surface area contributed by atoms with Crippen molar-refractivity contribution in [3.8, 4) is 0 Å². The monoisotopic (exact) mass is 173 g/mol. The van der Waals surface area contributed by atoms with E-state index >= 15 is 0 Å². The summed E-state index contributed by atoms with van der Waals surface area (Å²) in [6, 6.07) is 6.60. The first-order valence-electron chi connectivity index (χ1n) is 4.33. The number of benzene rings is 1. The van der Waals surface area contributed by atoms with E-state index in [-0.39, 0.29) is 0 Å². The number of nitrogens with zero attached hydrogens (tertiary/aromatic N) is 1. The van der Waals surface area contributed by atoms with Crippen LogP contribution in [-0.4, -0.2) is 4.98 Å². The van der Waals surface area contributed by atoms with Gasteiger partial charge in [-0.3, -0.25) is 0 Å².